The predicted molar refractivity (Wildman–Crippen MR) is 262 cm³/mol. The molecule has 6 aromatic rings. The van der Waals surface area contributed by atoms with Crippen LogP contribution in [0, 0.1) is 24.7 Å². The van der Waals surface area contributed by atoms with Crippen molar-refractivity contribution < 1.29 is 23.7 Å². The average Bonchev–Trinajstić information content (AvgIpc) is 3.55. The molecule has 0 radical (unpaired) electrons. The van der Waals surface area contributed by atoms with Gasteiger partial charge in [-0.1, -0.05) is 112 Å². The molecule has 2 aliphatic heterocycles. The number of anilines is 1. The summed E-state index contributed by atoms with van der Waals surface area (Å²) in [5.41, 5.74) is 11.5. The smallest absolute Gasteiger partial charge is 0.178 e. The van der Waals surface area contributed by atoms with Crippen LogP contribution in [0.4, 0.5) is 5.69 Å². The highest BCUT2D eigenvalue weighted by molar-refractivity contribution is 7.99. The number of hydrogen-bond acceptors (Lipinski definition) is 7. The van der Waals surface area contributed by atoms with Crippen molar-refractivity contribution in [3.63, 3.8) is 0 Å². The number of hydrogen-bond donors (Lipinski definition) is 0. The van der Waals surface area contributed by atoms with Crippen molar-refractivity contribution in [1.82, 2.24) is 0 Å². The van der Waals surface area contributed by atoms with Crippen LogP contribution in [-0.2, 0) is 20.5 Å². The third kappa shape index (κ3) is 7.28. The van der Waals surface area contributed by atoms with Crippen LogP contribution in [-0.4, -0.2) is 53.7 Å². The molecule has 1 saturated carbocycles. The van der Waals surface area contributed by atoms with Gasteiger partial charge in [0.25, 0.3) is 0 Å². The normalized spacial score (nSPS) is 20.1. The van der Waals surface area contributed by atoms with E-state index in [0.29, 0.717) is 13.2 Å². The predicted octanol–water partition coefficient (Wildman–Crippen LogP) is 13.3. The van der Waals surface area contributed by atoms with Gasteiger partial charge >= 0.3 is 0 Å². The van der Waals surface area contributed by atoms with E-state index in [0.717, 1.165) is 77.8 Å². The zero-order chi connectivity index (χ0) is 44.4. The lowest BCUT2D eigenvalue weighted by molar-refractivity contribution is 0.0642. The topological polar surface area (TPSA) is 49.4 Å². The third-order valence-corrected chi connectivity index (χ3v) is 15.6. The van der Waals surface area contributed by atoms with Crippen LogP contribution in [0.1, 0.15) is 85.9 Å². The van der Waals surface area contributed by atoms with Crippen LogP contribution >= 0.6 is 11.8 Å². The molecule has 0 N–H and O–H groups in total. The van der Waals surface area contributed by atoms with Gasteiger partial charge in [0.2, 0.25) is 0 Å². The van der Waals surface area contributed by atoms with Crippen molar-refractivity contribution in [2.24, 2.45) is 10.8 Å². The summed E-state index contributed by atoms with van der Waals surface area (Å²) >= 11 is 1.80. The summed E-state index contributed by atoms with van der Waals surface area (Å²) in [7, 11) is 3.49. The van der Waals surface area contributed by atoms with E-state index in [2.05, 4.69) is 162 Å². The molecule has 0 amide bonds. The number of benzene rings is 6. The molecular weight excluding hydrogens is 811 g/mol. The van der Waals surface area contributed by atoms with E-state index in [-0.39, 0.29) is 16.2 Å². The fourth-order valence-electron chi connectivity index (χ4n) is 12.2. The Balaban J connectivity index is 1.24. The molecule has 1 spiro atoms. The Morgan fingerprint density at radius 3 is 2.06 bits per heavy atom. The Morgan fingerprint density at radius 1 is 0.719 bits per heavy atom. The molecule has 0 bridgehead atoms. The summed E-state index contributed by atoms with van der Waals surface area (Å²) < 4.78 is 31.4. The summed E-state index contributed by atoms with van der Waals surface area (Å²) in [4.78, 5) is 4.76. The highest BCUT2D eigenvalue weighted by Crippen LogP contribution is 2.67. The molecule has 7 heteroatoms. The first-order chi connectivity index (χ1) is 30.9. The summed E-state index contributed by atoms with van der Waals surface area (Å²) in [5, 5.41) is 2.25. The van der Waals surface area contributed by atoms with Crippen LogP contribution in [0.15, 0.2) is 119 Å². The van der Waals surface area contributed by atoms with Crippen molar-refractivity contribution in [3.8, 4) is 28.4 Å². The number of fused-ring (bicyclic) bond motifs is 10. The van der Waals surface area contributed by atoms with Crippen molar-refractivity contribution >= 4 is 34.3 Å². The van der Waals surface area contributed by atoms with Crippen molar-refractivity contribution in [2.75, 3.05) is 58.6 Å². The first-order valence-corrected chi connectivity index (χ1v) is 23.8. The molecule has 2 fully saturated rings. The van der Waals surface area contributed by atoms with Crippen LogP contribution in [0.5, 0.6) is 17.2 Å². The second-order valence-corrected chi connectivity index (χ2v) is 21.1. The van der Waals surface area contributed by atoms with Crippen molar-refractivity contribution in [2.45, 2.75) is 81.6 Å². The summed E-state index contributed by atoms with van der Waals surface area (Å²) in [6.07, 6.45) is 8.01. The first kappa shape index (κ1) is 42.7. The minimum absolute atomic E-state index is 0.111. The third-order valence-electron chi connectivity index (χ3n) is 14.2. The van der Waals surface area contributed by atoms with E-state index in [9.17, 15) is 0 Å². The van der Waals surface area contributed by atoms with E-state index < -0.39 is 5.60 Å². The van der Waals surface area contributed by atoms with Gasteiger partial charge in [0.15, 0.2) is 5.60 Å². The molecule has 64 heavy (non-hydrogen) atoms. The zero-order valence-corrected chi connectivity index (χ0v) is 39.5. The van der Waals surface area contributed by atoms with Gasteiger partial charge in [-0.3, -0.25) is 0 Å². The quantitative estimate of drug-likeness (QED) is 0.127. The summed E-state index contributed by atoms with van der Waals surface area (Å²) in [6, 6.07) is 37.9. The number of aryl methyl sites for hydroxylation is 2. The summed E-state index contributed by atoms with van der Waals surface area (Å²) in [5.74, 6) is 2.52. The SMILES string of the molecule is COCCOc1ccc(C2(c3ccc(N4CCOCC4)cc3)C=Cc3c4c(c5cc(Sc6c(C)cccc6C)c(OC)cc5c3O2)-c2ccccc2C42CC(C)(C)CC(C)(C)C2)cc1. The Bertz CT molecular complexity index is 2730. The van der Waals surface area contributed by atoms with Gasteiger partial charge in [-0.15, -0.1) is 0 Å². The van der Waals surface area contributed by atoms with Gasteiger partial charge in [-0.25, -0.2) is 0 Å². The van der Waals surface area contributed by atoms with Gasteiger partial charge in [0.05, 0.1) is 31.8 Å². The maximum Gasteiger partial charge on any atom is 0.178 e. The minimum atomic E-state index is -0.953. The Morgan fingerprint density at radius 2 is 1.39 bits per heavy atom. The Labute approximate surface area is 383 Å². The van der Waals surface area contributed by atoms with E-state index in [1.54, 1.807) is 26.0 Å². The number of ether oxygens (including phenoxy) is 5. The average molecular weight is 872 g/mol. The van der Waals surface area contributed by atoms with E-state index in [1.807, 2.05) is 0 Å². The fraction of sp³-hybridized carbons (Fsp3) is 0.368. The molecule has 4 aliphatic rings. The lowest BCUT2D eigenvalue weighted by Crippen LogP contribution is -2.44. The zero-order valence-electron chi connectivity index (χ0n) is 38.7. The molecule has 0 aromatic heterocycles. The van der Waals surface area contributed by atoms with E-state index >= 15 is 0 Å². The molecule has 6 aromatic carbocycles. The second-order valence-electron chi connectivity index (χ2n) is 20.0. The fourth-order valence-corrected chi connectivity index (χ4v) is 13.3. The Hall–Kier alpha value is -5.21. The standard InChI is InChI=1S/C57H61NO5S/c1-37-12-11-13-38(2)53(37)64-49-33-45-46(32-48(49)60-8)52-44(51-50(45)43-14-9-10-15-47(43)56(51)35-54(3,4)34-55(5,6)36-56)24-25-57(63-52,40-18-22-42(23-19-40)62-31-30-59-7)39-16-20-41(21-17-39)58-26-28-61-29-27-58/h9-25,32-33H,26-31,34-36H2,1-8H3. The molecular formula is C57H61NO5S. The van der Waals surface area contributed by atoms with Crippen LogP contribution in [0.25, 0.3) is 28.0 Å². The highest BCUT2D eigenvalue weighted by Gasteiger charge is 2.55. The lowest BCUT2D eigenvalue weighted by Gasteiger charge is -2.52. The molecule has 6 nitrogen and oxygen atoms in total. The lowest BCUT2D eigenvalue weighted by atomic mass is 9.52. The van der Waals surface area contributed by atoms with Gasteiger partial charge in [0.1, 0.15) is 23.9 Å². The van der Waals surface area contributed by atoms with Crippen LogP contribution < -0.4 is 19.1 Å². The highest BCUT2D eigenvalue weighted by atomic mass is 32.2. The molecule has 330 valence electrons. The van der Waals surface area contributed by atoms with E-state index in [1.165, 1.54) is 61.3 Å². The molecule has 2 heterocycles. The molecule has 10 rings (SSSR count). The van der Waals surface area contributed by atoms with Gasteiger partial charge in [-0.2, -0.15) is 0 Å². The largest absolute Gasteiger partial charge is 0.496 e. The Kier molecular flexibility index (Phi) is 10.9. The number of nitrogens with zero attached hydrogens (tertiary/aromatic N) is 1. The minimum Gasteiger partial charge on any atom is -0.496 e. The second kappa shape index (κ2) is 16.3. The van der Waals surface area contributed by atoms with Gasteiger partial charge in [0, 0.05) is 58.3 Å². The maximum atomic E-state index is 7.94. The first-order valence-electron chi connectivity index (χ1n) is 23.0. The number of methoxy groups -OCH3 is 2. The van der Waals surface area contributed by atoms with Crippen LogP contribution in [0.3, 0.4) is 0 Å². The van der Waals surface area contributed by atoms with Crippen molar-refractivity contribution in [1.29, 1.82) is 0 Å². The monoisotopic (exact) mass is 871 g/mol. The molecule has 1 unspecified atom stereocenters. The summed E-state index contributed by atoms with van der Waals surface area (Å²) in [6.45, 7) is 18.6. The van der Waals surface area contributed by atoms with E-state index in [4.69, 9.17) is 23.7 Å². The number of morpholine rings is 1. The molecule has 2 aliphatic carbocycles. The number of rotatable bonds is 10. The maximum absolute atomic E-state index is 7.94. The van der Waals surface area contributed by atoms with Gasteiger partial charge < -0.3 is 28.6 Å². The molecule has 1 atom stereocenters. The van der Waals surface area contributed by atoms with Crippen LogP contribution in [0.2, 0.25) is 0 Å². The van der Waals surface area contributed by atoms with Crippen molar-refractivity contribution in [3.05, 3.63) is 148 Å². The van der Waals surface area contributed by atoms with Gasteiger partial charge in [-0.05, 0) is 125 Å². The molecule has 1 saturated heterocycles.